The van der Waals surface area contributed by atoms with E-state index < -0.39 is 23.6 Å². The van der Waals surface area contributed by atoms with Gasteiger partial charge in [0.1, 0.15) is 0 Å². The number of carbonyl (C=O) groups is 2. The van der Waals surface area contributed by atoms with Crippen molar-refractivity contribution in [1.82, 2.24) is 4.90 Å². The predicted octanol–water partition coefficient (Wildman–Crippen LogP) is 1.89. The number of rotatable bonds is 1. The van der Waals surface area contributed by atoms with Crippen molar-refractivity contribution in [3.63, 3.8) is 0 Å². The fourth-order valence-electron chi connectivity index (χ4n) is 2.05. The van der Waals surface area contributed by atoms with Crippen LogP contribution in [0.25, 0.3) is 0 Å². The molecule has 1 heterocycles. The number of benzene rings is 1. The van der Waals surface area contributed by atoms with Crippen molar-refractivity contribution < 1.29 is 27.5 Å². The zero-order valence-electron chi connectivity index (χ0n) is 11.7. The molecule has 0 bridgehead atoms. The van der Waals surface area contributed by atoms with Crippen molar-refractivity contribution in [2.45, 2.75) is 12.6 Å². The Labute approximate surface area is 125 Å². The molecular formula is C14H15F3N2O3. The van der Waals surface area contributed by atoms with Gasteiger partial charge in [0, 0.05) is 25.4 Å². The lowest BCUT2D eigenvalue weighted by Crippen LogP contribution is -2.41. The second kappa shape index (κ2) is 6.78. The molecule has 1 fully saturated rings. The second-order valence-electron chi connectivity index (χ2n) is 4.79. The van der Waals surface area contributed by atoms with Crippen LogP contribution >= 0.6 is 0 Å². The molecule has 1 saturated heterocycles. The van der Waals surface area contributed by atoms with Gasteiger partial charge >= 0.3 is 18.0 Å². The van der Waals surface area contributed by atoms with E-state index in [1.807, 2.05) is 0 Å². The van der Waals surface area contributed by atoms with Crippen LogP contribution in [0.15, 0.2) is 24.3 Å². The summed E-state index contributed by atoms with van der Waals surface area (Å²) in [6.45, 7) is 1.52. The highest BCUT2D eigenvalue weighted by Gasteiger charge is 2.31. The molecule has 0 saturated carbocycles. The van der Waals surface area contributed by atoms with Crippen LogP contribution in [-0.2, 0) is 20.5 Å². The highest BCUT2D eigenvalue weighted by Crippen LogP contribution is 2.30. The van der Waals surface area contributed by atoms with Gasteiger partial charge in [-0.25, -0.2) is 0 Å². The van der Waals surface area contributed by atoms with E-state index in [0.717, 1.165) is 12.1 Å². The molecule has 120 valence electrons. The number of nitrogens with zero attached hydrogens (tertiary/aromatic N) is 1. The third kappa shape index (κ3) is 4.20. The average Bonchev–Trinajstić information content (AvgIpc) is 2.75. The quantitative estimate of drug-likeness (QED) is 0.805. The van der Waals surface area contributed by atoms with Gasteiger partial charge in [-0.2, -0.15) is 13.2 Å². The van der Waals surface area contributed by atoms with Gasteiger partial charge in [-0.15, -0.1) is 0 Å². The molecule has 1 aromatic carbocycles. The van der Waals surface area contributed by atoms with E-state index >= 15 is 0 Å². The normalized spacial score (nSPS) is 16.0. The third-order valence-corrected chi connectivity index (χ3v) is 3.15. The molecular weight excluding hydrogens is 301 g/mol. The van der Waals surface area contributed by atoms with E-state index in [9.17, 15) is 22.8 Å². The van der Waals surface area contributed by atoms with Gasteiger partial charge in [-0.1, -0.05) is 6.07 Å². The van der Waals surface area contributed by atoms with Crippen LogP contribution in [-0.4, -0.2) is 43.0 Å². The van der Waals surface area contributed by atoms with E-state index in [1.165, 1.54) is 17.0 Å². The van der Waals surface area contributed by atoms with Gasteiger partial charge in [0.15, 0.2) is 0 Å². The summed E-state index contributed by atoms with van der Waals surface area (Å²) in [4.78, 5) is 25.2. The van der Waals surface area contributed by atoms with Crippen molar-refractivity contribution in [3.8, 4) is 0 Å². The van der Waals surface area contributed by atoms with Crippen LogP contribution in [0.3, 0.4) is 0 Å². The Kier molecular flexibility index (Phi) is 5.02. The first kappa shape index (κ1) is 16.3. The maximum absolute atomic E-state index is 12.6. The molecule has 1 N–H and O–H groups in total. The largest absolute Gasteiger partial charge is 0.416 e. The molecule has 0 atom stereocenters. The minimum absolute atomic E-state index is 0.0701. The summed E-state index contributed by atoms with van der Waals surface area (Å²) in [5, 5.41) is 2.20. The lowest BCUT2D eigenvalue weighted by atomic mass is 10.2. The van der Waals surface area contributed by atoms with Crippen LogP contribution in [0, 0.1) is 0 Å². The molecule has 0 spiro atoms. The highest BCUT2D eigenvalue weighted by atomic mass is 19.4. The Hall–Kier alpha value is -2.09. The first-order chi connectivity index (χ1) is 10.4. The molecule has 0 aliphatic carbocycles. The monoisotopic (exact) mass is 316 g/mol. The number of carbonyl (C=O) groups excluding carboxylic acids is 2. The number of alkyl halides is 3. The minimum atomic E-state index is -4.51. The van der Waals surface area contributed by atoms with Gasteiger partial charge in [-0.05, 0) is 24.6 Å². The lowest BCUT2D eigenvalue weighted by molar-refractivity contribution is -0.143. The number of halogens is 3. The molecule has 8 heteroatoms. The Bertz CT molecular complexity index is 553. The van der Waals surface area contributed by atoms with Crippen LogP contribution in [0.5, 0.6) is 0 Å². The molecule has 1 aliphatic heterocycles. The summed E-state index contributed by atoms with van der Waals surface area (Å²) < 4.78 is 43.0. The summed E-state index contributed by atoms with van der Waals surface area (Å²) in [6, 6.07) is 4.15. The van der Waals surface area contributed by atoms with Crippen LogP contribution in [0.1, 0.15) is 12.0 Å². The van der Waals surface area contributed by atoms with E-state index in [-0.39, 0.29) is 12.2 Å². The number of amides is 2. The van der Waals surface area contributed by atoms with E-state index in [4.69, 9.17) is 4.74 Å². The number of anilines is 1. The first-order valence-electron chi connectivity index (χ1n) is 6.73. The number of ether oxygens (including phenoxy) is 1. The summed E-state index contributed by atoms with van der Waals surface area (Å²) in [7, 11) is 0. The van der Waals surface area contributed by atoms with Gasteiger partial charge in [0.2, 0.25) is 0 Å². The maximum atomic E-state index is 12.6. The zero-order chi connectivity index (χ0) is 16.2. The molecule has 0 radical (unpaired) electrons. The molecule has 2 amide bonds. The topological polar surface area (TPSA) is 58.6 Å². The number of hydrogen-bond acceptors (Lipinski definition) is 3. The average molecular weight is 316 g/mol. The summed E-state index contributed by atoms with van der Waals surface area (Å²) in [5.41, 5.74) is -0.958. The minimum Gasteiger partial charge on any atom is -0.380 e. The molecule has 1 aromatic rings. The smallest absolute Gasteiger partial charge is 0.380 e. The maximum Gasteiger partial charge on any atom is 0.416 e. The Morgan fingerprint density at radius 1 is 1.18 bits per heavy atom. The zero-order valence-corrected chi connectivity index (χ0v) is 11.7. The highest BCUT2D eigenvalue weighted by molar-refractivity contribution is 6.39. The van der Waals surface area contributed by atoms with Crippen molar-refractivity contribution in [1.29, 1.82) is 0 Å². The number of hydrogen-bond donors (Lipinski definition) is 1. The molecule has 5 nitrogen and oxygen atoms in total. The van der Waals surface area contributed by atoms with Gasteiger partial charge in [0.25, 0.3) is 0 Å². The fourth-order valence-corrected chi connectivity index (χ4v) is 2.05. The SMILES string of the molecule is O=C(Nc1cccc(C(F)(F)F)c1)C(=O)N1CCCOCC1. The Morgan fingerprint density at radius 3 is 2.68 bits per heavy atom. The van der Waals surface area contributed by atoms with Gasteiger partial charge < -0.3 is 15.0 Å². The summed E-state index contributed by atoms with van der Waals surface area (Å²) in [6.07, 6.45) is -3.89. The third-order valence-electron chi connectivity index (χ3n) is 3.15. The Morgan fingerprint density at radius 2 is 1.95 bits per heavy atom. The van der Waals surface area contributed by atoms with Crippen LogP contribution < -0.4 is 5.32 Å². The van der Waals surface area contributed by atoms with Gasteiger partial charge in [0.05, 0.1) is 12.2 Å². The first-order valence-corrected chi connectivity index (χ1v) is 6.73. The lowest BCUT2D eigenvalue weighted by Gasteiger charge is -2.19. The van der Waals surface area contributed by atoms with Crippen molar-refractivity contribution >= 4 is 17.5 Å². The van der Waals surface area contributed by atoms with E-state index in [2.05, 4.69) is 5.32 Å². The van der Waals surface area contributed by atoms with E-state index in [1.54, 1.807) is 0 Å². The van der Waals surface area contributed by atoms with Gasteiger partial charge in [-0.3, -0.25) is 9.59 Å². The molecule has 0 aromatic heterocycles. The molecule has 0 unspecified atom stereocenters. The molecule has 1 aliphatic rings. The van der Waals surface area contributed by atoms with E-state index in [0.29, 0.717) is 26.2 Å². The van der Waals surface area contributed by atoms with Crippen LogP contribution in [0.4, 0.5) is 18.9 Å². The Balaban J connectivity index is 2.03. The number of nitrogens with one attached hydrogen (secondary N) is 1. The second-order valence-corrected chi connectivity index (χ2v) is 4.79. The molecule has 22 heavy (non-hydrogen) atoms. The van der Waals surface area contributed by atoms with Crippen molar-refractivity contribution in [2.75, 3.05) is 31.6 Å². The fraction of sp³-hybridized carbons (Fsp3) is 0.429. The molecule has 2 rings (SSSR count). The predicted molar refractivity (Wildman–Crippen MR) is 72.1 cm³/mol. The van der Waals surface area contributed by atoms with Crippen molar-refractivity contribution in [3.05, 3.63) is 29.8 Å². The summed E-state index contributed by atoms with van der Waals surface area (Å²) in [5.74, 6) is -1.73. The van der Waals surface area contributed by atoms with Crippen molar-refractivity contribution in [2.24, 2.45) is 0 Å². The van der Waals surface area contributed by atoms with Crippen LogP contribution in [0.2, 0.25) is 0 Å². The summed E-state index contributed by atoms with van der Waals surface area (Å²) >= 11 is 0. The standard InChI is InChI=1S/C14H15F3N2O3/c15-14(16,17)10-3-1-4-11(9-10)18-12(20)13(21)19-5-2-7-22-8-6-19/h1,3-4,9H,2,5-8H2,(H,18,20).